The first-order chi connectivity index (χ1) is 17.5. The lowest BCUT2D eigenvalue weighted by Gasteiger charge is -2.43. The maximum atomic E-state index is 13.1. The first kappa shape index (κ1) is 25.9. The summed E-state index contributed by atoms with van der Waals surface area (Å²) in [5, 5.41) is 0. The second kappa shape index (κ2) is 12.2. The van der Waals surface area contributed by atoms with Crippen LogP contribution in [-0.4, -0.2) is 26.2 Å². The first-order valence-corrected chi connectivity index (χ1v) is 14.4. The van der Waals surface area contributed by atoms with Crippen molar-refractivity contribution in [2.45, 2.75) is 55.9 Å². The van der Waals surface area contributed by atoms with E-state index in [2.05, 4.69) is 12.1 Å². The summed E-state index contributed by atoms with van der Waals surface area (Å²) in [5.74, 6) is -0.411. The maximum Gasteiger partial charge on any atom is 0.338 e. The molecule has 0 heterocycles. The molecule has 0 aromatic heterocycles. The predicted molar refractivity (Wildman–Crippen MR) is 144 cm³/mol. The number of ether oxygens (including phenoxy) is 1. The molecular weight excluding hydrogens is 468 g/mol. The number of rotatable bonds is 10. The van der Waals surface area contributed by atoms with Crippen molar-refractivity contribution in [2.75, 3.05) is 5.75 Å². The Morgan fingerprint density at radius 2 is 1.39 bits per heavy atom. The minimum atomic E-state index is -3.41. The van der Waals surface area contributed by atoms with E-state index >= 15 is 0 Å². The lowest BCUT2D eigenvalue weighted by molar-refractivity contribution is -0.0339. The monoisotopic (exact) mass is 502 g/mol. The van der Waals surface area contributed by atoms with E-state index in [9.17, 15) is 13.2 Å². The zero-order valence-electron chi connectivity index (χ0n) is 20.6. The molecule has 0 saturated heterocycles. The molecule has 3 aromatic carbocycles. The predicted octanol–water partition coefficient (Wildman–Crippen LogP) is 6.83. The third-order valence-electron chi connectivity index (χ3n) is 7.12. The van der Waals surface area contributed by atoms with Gasteiger partial charge in [0.15, 0.2) is 9.84 Å². The standard InChI is InChI=1S/C31H34O4S/c32-30(27-17-7-2-8-18-27)35-29(21-11-14-24-36(33,34)28-19-9-3-10-20-28)31(22-12-4-13-23-31)25-26-15-5-1-6-16-26/h1-3,5-11,14-20,29H,4,12-13,21-25H2/b14-11+. The third-order valence-corrected chi connectivity index (χ3v) is 8.75. The molecular formula is C31H34O4S. The zero-order valence-corrected chi connectivity index (χ0v) is 21.4. The van der Waals surface area contributed by atoms with Crippen molar-refractivity contribution >= 4 is 15.8 Å². The van der Waals surface area contributed by atoms with Crippen LogP contribution in [0.5, 0.6) is 0 Å². The van der Waals surface area contributed by atoms with E-state index in [-0.39, 0.29) is 23.2 Å². The molecule has 3 aromatic rings. The minimum absolute atomic E-state index is 0.0813. The second-order valence-electron chi connectivity index (χ2n) is 9.65. The Morgan fingerprint density at radius 1 is 0.806 bits per heavy atom. The van der Waals surface area contributed by atoms with Gasteiger partial charge in [-0.25, -0.2) is 13.2 Å². The molecule has 1 aliphatic rings. The molecule has 1 saturated carbocycles. The third kappa shape index (κ3) is 6.73. The van der Waals surface area contributed by atoms with Crippen LogP contribution < -0.4 is 0 Å². The number of carbonyl (C=O) groups is 1. The average molecular weight is 503 g/mol. The highest BCUT2D eigenvalue weighted by atomic mass is 32.2. The van der Waals surface area contributed by atoms with Crippen LogP contribution in [0.25, 0.3) is 0 Å². The van der Waals surface area contributed by atoms with Crippen LogP contribution in [0.2, 0.25) is 0 Å². The van der Waals surface area contributed by atoms with Crippen LogP contribution in [0, 0.1) is 5.41 Å². The molecule has 1 fully saturated rings. The highest BCUT2D eigenvalue weighted by Gasteiger charge is 2.41. The quantitative estimate of drug-likeness (QED) is 0.225. The number of carbonyl (C=O) groups excluding carboxylic acids is 1. The van der Waals surface area contributed by atoms with Gasteiger partial charge in [0.05, 0.1) is 16.2 Å². The Morgan fingerprint density at radius 3 is 2.03 bits per heavy atom. The summed E-state index contributed by atoms with van der Waals surface area (Å²) in [6.07, 6.45) is 9.87. The van der Waals surface area contributed by atoms with Gasteiger partial charge in [0.25, 0.3) is 0 Å². The summed E-state index contributed by atoms with van der Waals surface area (Å²) in [7, 11) is -3.41. The summed E-state index contributed by atoms with van der Waals surface area (Å²) >= 11 is 0. The van der Waals surface area contributed by atoms with Crippen LogP contribution in [0.3, 0.4) is 0 Å². The van der Waals surface area contributed by atoms with Gasteiger partial charge in [0.1, 0.15) is 6.10 Å². The summed E-state index contributed by atoms with van der Waals surface area (Å²) in [4.78, 5) is 13.4. The van der Waals surface area contributed by atoms with Gasteiger partial charge in [-0.15, -0.1) is 0 Å². The van der Waals surface area contributed by atoms with Gasteiger partial charge < -0.3 is 4.74 Å². The highest BCUT2D eigenvalue weighted by molar-refractivity contribution is 7.91. The average Bonchev–Trinajstić information content (AvgIpc) is 2.92. The van der Waals surface area contributed by atoms with Crippen molar-refractivity contribution in [3.63, 3.8) is 0 Å². The van der Waals surface area contributed by atoms with Crippen LogP contribution in [0.15, 0.2) is 108 Å². The highest BCUT2D eigenvalue weighted by Crippen LogP contribution is 2.45. The molecule has 0 amide bonds. The van der Waals surface area contributed by atoms with Gasteiger partial charge in [-0.05, 0) is 49.1 Å². The van der Waals surface area contributed by atoms with E-state index in [1.54, 1.807) is 48.5 Å². The fourth-order valence-electron chi connectivity index (χ4n) is 5.20. The van der Waals surface area contributed by atoms with Crippen molar-refractivity contribution in [1.82, 2.24) is 0 Å². The molecule has 5 heteroatoms. The van der Waals surface area contributed by atoms with E-state index < -0.39 is 9.84 Å². The number of sulfone groups is 1. The molecule has 36 heavy (non-hydrogen) atoms. The van der Waals surface area contributed by atoms with Crippen LogP contribution in [-0.2, 0) is 21.0 Å². The Bertz CT molecular complexity index is 1230. The molecule has 1 unspecified atom stereocenters. The molecule has 0 bridgehead atoms. The minimum Gasteiger partial charge on any atom is -0.458 e. The Kier molecular flexibility index (Phi) is 8.76. The van der Waals surface area contributed by atoms with Crippen molar-refractivity contribution in [1.29, 1.82) is 0 Å². The van der Waals surface area contributed by atoms with Gasteiger partial charge in [-0.3, -0.25) is 0 Å². The normalized spacial score (nSPS) is 16.4. The van der Waals surface area contributed by atoms with E-state index in [1.807, 2.05) is 42.5 Å². The van der Waals surface area contributed by atoms with Crippen molar-refractivity contribution < 1.29 is 17.9 Å². The summed E-state index contributed by atoms with van der Waals surface area (Å²) < 4.78 is 31.6. The second-order valence-corrected chi connectivity index (χ2v) is 11.7. The summed E-state index contributed by atoms with van der Waals surface area (Å²) in [5.41, 5.74) is 1.58. The molecule has 0 radical (unpaired) electrons. The summed E-state index contributed by atoms with van der Waals surface area (Å²) in [6, 6.07) is 27.9. The topological polar surface area (TPSA) is 60.4 Å². The lowest BCUT2D eigenvalue weighted by Crippen LogP contribution is -2.42. The van der Waals surface area contributed by atoms with E-state index in [1.165, 1.54) is 12.0 Å². The fraction of sp³-hybridized carbons (Fsp3) is 0.323. The molecule has 1 atom stereocenters. The maximum absolute atomic E-state index is 13.1. The molecule has 1 aliphatic carbocycles. The first-order valence-electron chi connectivity index (χ1n) is 12.7. The number of benzene rings is 3. The van der Waals surface area contributed by atoms with Crippen LogP contribution >= 0.6 is 0 Å². The molecule has 0 spiro atoms. The van der Waals surface area contributed by atoms with E-state index in [0.29, 0.717) is 16.9 Å². The van der Waals surface area contributed by atoms with Crippen molar-refractivity contribution in [3.05, 3.63) is 114 Å². The Balaban J connectivity index is 1.57. The largest absolute Gasteiger partial charge is 0.458 e. The number of hydrogen-bond donors (Lipinski definition) is 0. The molecule has 0 aliphatic heterocycles. The van der Waals surface area contributed by atoms with Crippen molar-refractivity contribution in [3.8, 4) is 0 Å². The van der Waals surface area contributed by atoms with Crippen molar-refractivity contribution in [2.24, 2.45) is 5.41 Å². The molecule has 0 N–H and O–H groups in total. The molecule has 4 nitrogen and oxygen atoms in total. The van der Waals surface area contributed by atoms with Crippen LogP contribution in [0.1, 0.15) is 54.4 Å². The zero-order chi connectivity index (χ0) is 25.3. The van der Waals surface area contributed by atoms with Gasteiger partial charge in [-0.1, -0.05) is 98.1 Å². The van der Waals surface area contributed by atoms with Gasteiger partial charge in [-0.2, -0.15) is 0 Å². The van der Waals surface area contributed by atoms with Gasteiger partial charge >= 0.3 is 5.97 Å². The molecule has 4 rings (SSSR count). The Hall–Kier alpha value is -3.18. The number of esters is 1. The summed E-state index contributed by atoms with van der Waals surface area (Å²) in [6.45, 7) is 0. The smallest absolute Gasteiger partial charge is 0.338 e. The van der Waals surface area contributed by atoms with Gasteiger partial charge in [0, 0.05) is 11.8 Å². The fourth-order valence-corrected chi connectivity index (χ4v) is 6.36. The molecule has 188 valence electrons. The SMILES string of the molecule is O=C(OC(C/C=C/CS(=O)(=O)c1ccccc1)C1(Cc2ccccc2)CCCCC1)c1ccccc1. The van der Waals surface area contributed by atoms with Crippen LogP contribution in [0.4, 0.5) is 0 Å². The lowest BCUT2D eigenvalue weighted by atomic mass is 9.66. The van der Waals surface area contributed by atoms with Gasteiger partial charge in [0.2, 0.25) is 0 Å². The Labute approximate surface area is 214 Å². The van der Waals surface area contributed by atoms with E-state index in [4.69, 9.17) is 4.74 Å². The number of hydrogen-bond acceptors (Lipinski definition) is 4. The van der Waals surface area contributed by atoms with E-state index in [0.717, 1.165) is 32.1 Å².